The van der Waals surface area contributed by atoms with Gasteiger partial charge in [-0.2, -0.15) is 0 Å². The van der Waals surface area contributed by atoms with Crippen molar-refractivity contribution in [3.05, 3.63) is 34.3 Å². The van der Waals surface area contributed by atoms with E-state index >= 15 is 0 Å². The number of benzene rings is 1. The van der Waals surface area contributed by atoms with Gasteiger partial charge in [0.25, 0.3) is 0 Å². The van der Waals surface area contributed by atoms with Crippen LogP contribution >= 0.6 is 11.8 Å². The van der Waals surface area contributed by atoms with Crippen LogP contribution in [0, 0.1) is 5.41 Å². The molecule has 2 rings (SSSR count). The number of fused-ring (bicyclic) bond motifs is 1. The number of nitrogens with one attached hydrogen (secondary N) is 1. The predicted molar refractivity (Wildman–Crippen MR) is 61.8 cm³/mol. The molecule has 78 valence electrons. The molecule has 0 bridgehead atoms. The Bertz CT molecular complexity index is 583. The van der Waals surface area contributed by atoms with Crippen molar-refractivity contribution in [2.75, 3.05) is 6.26 Å². The number of hydrogen-bond acceptors (Lipinski definition) is 4. The van der Waals surface area contributed by atoms with Crippen LogP contribution in [0.1, 0.15) is 5.56 Å². The minimum absolute atomic E-state index is 0.377. The fourth-order valence-corrected chi connectivity index (χ4v) is 1.76. The lowest BCUT2D eigenvalue weighted by molar-refractivity contribution is 0.528. The van der Waals surface area contributed by atoms with Crippen molar-refractivity contribution >= 4 is 27.9 Å². The molecular formula is C10H10N2O2S. The first-order valence-electron chi connectivity index (χ1n) is 4.36. The van der Waals surface area contributed by atoms with Crippen LogP contribution < -0.4 is 5.76 Å². The molecule has 0 radical (unpaired) electrons. The summed E-state index contributed by atoms with van der Waals surface area (Å²) in [6.45, 7) is 0. The second kappa shape index (κ2) is 3.58. The fourth-order valence-electron chi connectivity index (χ4n) is 1.39. The fraction of sp³-hybridized carbons (Fsp3) is 0.200. The van der Waals surface area contributed by atoms with E-state index in [4.69, 9.17) is 9.83 Å². The topological polar surface area (TPSA) is 59.0 Å². The van der Waals surface area contributed by atoms with E-state index in [-0.39, 0.29) is 5.76 Å². The van der Waals surface area contributed by atoms with Gasteiger partial charge in [-0.25, -0.2) is 4.79 Å². The highest BCUT2D eigenvalue weighted by Gasteiger charge is 2.07. The van der Waals surface area contributed by atoms with E-state index in [9.17, 15) is 4.79 Å². The Morgan fingerprint density at radius 3 is 2.93 bits per heavy atom. The lowest BCUT2D eigenvalue weighted by atomic mass is 10.2. The standard InChI is InChI=1S/C10H10N2O2S/c1-12-7-4-3-6(9(11)15-2)5-8(7)14-10(12)13/h3-5,11H,1-2H3. The Balaban J connectivity index is 2.67. The van der Waals surface area contributed by atoms with Crippen molar-refractivity contribution in [1.82, 2.24) is 4.57 Å². The van der Waals surface area contributed by atoms with Crippen molar-refractivity contribution < 1.29 is 4.42 Å². The van der Waals surface area contributed by atoms with E-state index < -0.39 is 0 Å². The highest BCUT2D eigenvalue weighted by Crippen LogP contribution is 2.17. The van der Waals surface area contributed by atoms with Gasteiger partial charge in [0.2, 0.25) is 0 Å². The third-order valence-electron chi connectivity index (χ3n) is 2.26. The van der Waals surface area contributed by atoms with Crippen LogP contribution in [-0.4, -0.2) is 15.9 Å². The molecule has 0 aliphatic rings. The lowest BCUT2D eigenvalue weighted by Gasteiger charge is -1.99. The average Bonchev–Trinajstić information content (AvgIpc) is 2.53. The van der Waals surface area contributed by atoms with Crippen molar-refractivity contribution in [3.8, 4) is 0 Å². The molecule has 5 heteroatoms. The van der Waals surface area contributed by atoms with Crippen LogP contribution in [0.25, 0.3) is 11.1 Å². The van der Waals surface area contributed by atoms with Crippen molar-refractivity contribution in [3.63, 3.8) is 0 Å². The molecule has 0 saturated carbocycles. The van der Waals surface area contributed by atoms with Gasteiger partial charge in [0.1, 0.15) is 0 Å². The molecule has 0 unspecified atom stereocenters. The molecule has 0 fully saturated rings. The van der Waals surface area contributed by atoms with Crippen LogP contribution in [0.2, 0.25) is 0 Å². The van der Waals surface area contributed by atoms with Gasteiger partial charge >= 0.3 is 5.76 Å². The second-order valence-corrected chi connectivity index (χ2v) is 3.96. The van der Waals surface area contributed by atoms with Gasteiger partial charge < -0.3 is 4.42 Å². The molecule has 15 heavy (non-hydrogen) atoms. The maximum Gasteiger partial charge on any atom is 0.419 e. The van der Waals surface area contributed by atoms with E-state index in [2.05, 4.69) is 0 Å². The first kappa shape index (κ1) is 10.0. The van der Waals surface area contributed by atoms with Gasteiger partial charge in [-0.1, -0.05) is 0 Å². The molecule has 0 aliphatic carbocycles. The van der Waals surface area contributed by atoms with Gasteiger partial charge in [0.05, 0.1) is 10.6 Å². The Kier molecular flexibility index (Phi) is 2.40. The zero-order valence-electron chi connectivity index (χ0n) is 8.40. The molecule has 1 heterocycles. The number of oxazole rings is 1. The van der Waals surface area contributed by atoms with Crippen LogP contribution in [0.4, 0.5) is 0 Å². The zero-order chi connectivity index (χ0) is 11.0. The molecule has 0 saturated heterocycles. The van der Waals surface area contributed by atoms with Crippen LogP contribution in [0.3, 0.4) is 0 Å². The molecule has 1 aromatic carbocycles. The molecule has 1 aromatic heterocycles. The maximum atomic E-state index is 11.2. The number of nitrogens with zero attached hydrogens (tertiary/aromatic N) is 1. The summed E-state index contributed by atoms with van der Waals surface area (Å²) in [6, 6.07) is 5.33. The molecule has 0 atom stereocenters. The van der Waals surface area contributed by atoms with E-state index in [0.717, 1.165) is 11.1 Å². The van der Waals surface area contributed by atoms with Gasteiger partial charge in [-0.15, -0.1) is 11.8 Å². The Labute approximate surface area is 90.4 Å². The third kappa shape index (κ3) is 1.59. The van der Waals surface area contributed by atoms with Gasteiger partial charge in [-0.05, 0) is 24.5 Å². The summed E-state index contributed by atoms with van der Waals surface area (Å²) >= 11 is 1.35. The molecular weight excluding hydrogens is 212 g/mol. The van der Waals surface area contributed by atoms with E-state index in [1.807, 2.05) is 12.3 Å². The van der Waals surface area contributed by atoms with Gasteiger partial charge in [0.15, 0.2) is 5.58 Å². The second-order valence-electron chi connectivity index (χ2n) is 3.14. The summed E-state index contributed by atoms with van der Waals surface area (Å²) < 4.78 is 6.48. The van der Waals surface area contributed by atoms with Gasteiger partial charge in [-0.3, -0.25) is 9.98 Å². The van der Waals surface area contributed by atoms with E-state index in [1.54, 1.807) is 19.2 Å². The van der Waals surface area contributed by atoms with Gasteiger partial charge in [0, 0.05) is 12.6 Å². The minimum atomic E-state index is -0.377. The molecule has 0 spiro atoms. The third-order valence-corrected chi connectivity index (χ3v) is 2.90. The van der Waals surface area contributed by atoms with Crippen molar-refractivity contribution in [2.24, 2.45) is 7.05 Å². The largest absolute Gasteiger partial charge is 0.419 e. The Hall–Kier alpha value is -1.49. The summed E-state index contributed by atoms with van der Waals surface area (Å²) in [7, 11) is 1.66. The normalized spacial score (nSPS) is 10.8. The first-order chi connectivity index (χ1) is 7.13. The quantitative estimate of drug-likeness (QED) is 0.591. The summed E-state index contributed by atoms with van der Waals surface area (Å²) in [6.07, 6.45) is 1.84. The predicted octanol–water partition coefficient (Wildman–Crippen LogP) is 1.82. The molecule has 1 N–H and O–H groups in total. The molecule has 2 aromatic rings. The van der Waals surface area contributed by atoms with E-state index in [1.165, 1.54) is 16.3 Å². The van der Waals surface area contributed by atoms with Crippen LogP contribution in [0.15, 0.2) is 27.4 Å². The number of rotatable bonds is 1. The Morgan fingerprint density at radius 2 is 2.27 bits per heavy atom. The van der Waals surface area contributed by atoms with Crippen molar-refractivity contribution in [1.29, 1.82) is 5.41 Å². The molecule has 4 nitrogen and oxygen atoms in total. The molecule has 0 aliphatic heterocycles. The lowest BCUT2D eigenvalue weighted by Crippen LogP contribution is -2.08. The number of aromatic nitrogens is 1. The first-order valence-corrected chi connectivity index (χ1v) is 5.58. The monoisotopic (exact) mass is 222 g/mol. The maximum absolute atomic E-state index is 11.2. The number of aryl methyl sites for hydroxylation is 1. The van der Waals surface area contributed by atoms with Crippen molar-refractivity contribution in [2.45, 2.75) is 0 Å². The Morgan fingerprint density at radius 1 is 1.53 bits per heavy atom. The SMILES string of the molecule is CSC(=N)c1ccc2c(c1)oc(=O)n2C. The molecule has 0 amide bonds. The highest BCUT2D eigenvalue weighted by atomic mass is 32.2. The summed E-state index contributed by atoms with van der Waals surface area (Å²) in [5.41, 5.74) is 2.04. The smallest absolute Gasteiger partial charge is 0.408 e. The number of hydrogen-bond donors (Lipinski definition) is 1. The summed E-state index contributed by atoms with van der Waals surface area (Å²) in [5.74, 6) is -0.377. The minimum Gasteiger partial charge on any atom is -0.408 e. The number of thioether (sulfide) groups is 1. The average molecular weight is 222 g/mol. The van der Waals surface area contributed by atoms with E-state index in [0.29, 0.717) is 10.6 Å². The summed E-state index contributed by atoms with van der Waals surface area (Å²) in [5, 5.41) is 8.11. The zero-order valence-corrected chi connectivity index (χ0v) is 9.22. The van der Waals surface area contributed by atoms with Crippen LogP contribution in [-0.2, 0) is 7.05 Å². The van der Waals surface area contributed by atoms with Crippen LogP contribution in [0.5, 0.6) is 0 Å². The highest BCUT2D eigenvalue weighted by molar-refractivity contribution is 8.13. The summed E-state index contributed by atoms with van der Waals surface area (Å²) in [4.78, 5) is 11.2.